The molecule has 2 aromatic rings. The number of nitrogens with one attached hydrogen (secondary N) is 1. The van der Waals surface area contributed by atoms with Crippen LogP contribution in [0, 0.1) is 0 Å². The Balaban J connectivity index is 1.24. The van der Waals surface area contributed by atoms with Gasteiger partial charge in [-0.1, -0.05) is 36.4 Å². The van der Waals surface area contributed by atoms with Crippen LogP contribution in [0.2, 0.25) is 0 Å². The van der Waals surface area contributed by atoms with Gasteiger partial charge < -0.3 is 14.8 Å². The first kappa shape index (κ1) is 16.4. The van der Waals surface area contributed by atoms with Crippen molar-refractivity contribution >= 4 is 0 Å². The number of rotatable bonds is 6. The molecule has 1 N–H and O–H groups in total. The molecule has 4 rings (SSSR count). The molecular weight excluding hydrogens is 312 g/mol. The van der Waals surface area contributed by atoms with E-state index >= 15 is 0 Å². The highest BCUT2D eigenvalue weighted by Gasteiger charge is 2.26. The van der Waals surface area contributed by atoms with Gasteiger partial charge in [-0.3, -0.25) is 4.90 Å². The van der Waals surface area contributed by atoms with Crippen LogP contribution >= 0.6 is 0 Å². The molecule has 25 heavy (non-hydrogen) atoms. The molecule has 1 fully saturated rings. The van der Waals surface area contributed by atoms with E-state index in [2.05, 4.69) is 59.6 Å². The van der Waals surface area contributed by atoms with Crippen LogP contribution in [0.4, 0.5) is 0 Å². The Morgan fingerprint density at radius 1 is 1.12 bits per heavy atom. The maximum Gasteiger partial charge on any atom is 0.231 e. The van der Waals surface area contributed by atoms with E-state index in [1.165, 1.54) is 17.5 Å². The Bertz CT molecular complexity index is 704. The van der Waals surface area contributed by atoms with Gasteiger partial charge in [-0.2, -0.15) is 0 Å². The van der Waals surface area contributed by atoms with E-state index in [9.17, 15) is 0 Å². The van der Waals surface area contributed by atoms with Crippen LogP contribution in [-0.4, -0.2) is 37.4 Å². The molecule has 0 aliphatic carbocycles. The van der Waals surface area contributed by atoms with Crippen molar-refractivity contribution in [3.63, 3.8) is 0 Å². The van der Waals surface area contributed by atoms with Gasteiger partial charge in [0, 0.05) is 25.2 Å². The minimum absolute atomic E-state index is 0.342. The molecule has 4 nitrogen and oxygen atoms in total. The summed E-state index contributed by atoms with van der Waals surface area (Å²) in [6, 6.07) is 18.1. The van der Waals surface area contributed by atoms with Gasteiger partial charge in [0.2, 0.25) is 6.79 Å². The molecule has 0 aromatic heterocycles. The number of hydrogen-bond acceptors (Lipinski definition) is 4. The van der Waals surface area contributed by atoms with Gasteiger partial charge in [0.25, 0.3) is 0 Å². The van der Waals surface area contributed by atoms with Crippen molar-refractivity contribution in [3.8, 4) is 11.5 Å². The maximum absolute atomic E-state index is 5.45. The van der Waals surface area contributed by atoms with Gasteiger partial charge in [0.1, 0.15) is 0 Å². The van der Waals surface area contributed by atoms with E-state index in [1.807, 2.05) is 6.07 Å². The van der Waals surface area contributed by atoms with Gasteiger partial charge >= 0.3 is 0 Å². The van der Waals surface area contributed by atoms with E-state index in [0.29, 0.717) is 18.9 Å². The van der Waals surface area contributed by atoms with Crippen LogP contribution in [0.3, 0.4) is 0 Å². The summed E-state index contributed by atoms with van der Waals surface area (Å²) in [4.78, 5) is 2.58. The molecule has 0 spiro atoms. The first-order valence-corrected chi connectivity index (χ1v) is 9.20. The summed E-state index contributed by atoms with van der Waals surface area (Å²) in [5.41, 5.74) is 2.70. The van der Waals surface area contributed by atoms with Crippen molar-refractivity contribution in [1.29, 1.82) is 0 Å². The molecule has 0 amide bonds. The summed E-state index contributed by atoms with van der Waals surface area (Å²) in [5.74, 6) is 1.74. The molecule has 2 atom stereocenters. The van der Waals surface area contributed by atoms with Crippen molar-refractivity contribution in [3.05, 3.63) is 59.7 Å². The standard InChI is InChI=1S/C21H26N2O2/c1-16(18-5-3-2-4-6-18)23-12-10-19(14-23)22-11-9-17-7-8-20-21(13-17)25-15-24-20/h2-8,13,16,19,22H,9-12,14-15H2,1H3/t16-,19-/m1/s1. The molecule has 132 valence electrons. The number of benzene rings is 2. The van der Waals surface area contributed by atoms with E-state index < -0.39 is 0 Å². The minimum atomic E-state index is 0.342. The van der Waals surface area contributed by atoms with Crippen LogP contribution in [0.5, 0.6) is 11.5 Å². The molecule has 0 saturated carbocycles. The second kappa shape index (κ2) is 7.46. The van der Waals surface area contributed by atoms with E-state index in [0.717, 1.165) is 37.6 Å². The smallest absolute Gasteiger partial charge is 0.231 e. The van der Waals surface area contributed by atoms with Gasteiger partial charge in [-0.15, -0.1) is 0 Å². The second-order valence-electron chi connectivity index (χ2n) is 6.96. The summed E-state index contributed by atoms with van der Waals surface area (Å²) in [6.07, 6.45) is 2.24. The molecule has 2 aliphatic heterocycles. The fourth-order valence-corrected chi connectivity index (χ4v) is 3.77. The number of likely N-dealkylation sites (tertiary alicyclic amines) is 1. The molecule has 4 heteroatoms. The zero-order chi connectivity index (χ0) is 17.1. The highest BCUT2D eigenvalue weighted by atomic mass is 16.7. The summed E-state index contributed by atoms with van der Waals surface area (Å²) in [5, 5.41) is 3.72. The lowest BCUT2D eigenvalue weighted by Gasteiger charge is -2.25. The van der Waals surface area contributed by atoms with Crippen LogP contribution in [-0.2, 0) is 6.42 Å². The van der Waals surface area contributed by atoms with Crippen molar-refractivity contribution in [2.75, 3.05) is 26.4 Å². The molecule has 1 saturated heterocycles. The van der Waals surface area contributed by atoms with Crippen LogP contribution in [0.1, 0.15) is 30.5 Å². The van der Waals surface area contributed by atoms with Crippen molar-refractivity contribution in [1.82, 2.24) is 10.2 Å². The second-order valence-corrected chi connectivity index (χ2v) is 6.96. The van der Waals surface area contributed by atoms with Crippen LogP contribution in [0.25, 0.3) is 0 Å². The maximum atomic E-state index is 5.45. The molecular formula is C21H26N2O2. The fourth-order valence-electron chi connectivity index (χ4n) is 3.77. The SMILES string of the molecule is C[C@H](c1ccccc1)N1CC[C@@H](NCCc2ccc3c(c2)OCO3)C1. The molecule has 2 aromatic carbocycles. The predicted molar refractivity (Wildman–Crippen MR) is 99.1 cm³/mol. The van der Waals surface area contributed by atoms with Crippen LogP contribution < -0.4 is 14.8 Å². The molecule has 0 unspecified atom stereocenters. The first-order valence-electron chi connectivity index (χ1n) is 9.20. The number of nitrogens with zero attached hydrogens (tertiary/aromatic N) is 1. The third-order valence-electron chi connectivity index (χ3n) is 5.33. The third-order valence-corrected chi connectivity index (χ3v) is 5.33. The summed E-state index contributed by atoms with van der Waals surface area (Å²) in [6.45, 7) is 5.94. The highest BCUT2D eigenvalue weighted by Crippen LogP contribution is 2.32. The number of hydrogen-bond donors (Lipinski definition) is 1. The predicted octanol–water partition coefficient (Wildman–Crippen LogP) is 3.38. The van der Waals surface area contributed by atoms with E-state index in [4.69, 9.17) is 9.47 Å². The first-order chi connectivity index (χ1) is 12.3. The number of ether oxygens (including phenoxy) is 2. The summed E-state index contributed by atoms with van der Waals surface area (Å²) in [7, 11) is 0. The summed E-state index contributed by atoms with van der Waals surface area (Å²) >= 11 is 0. The lowest BCUT2D eigenvalue weighted by molar-refractivity contribution is 0.174. The Kier molecular flexibility index (Phi) is 4.90. The van der Waals surface area contributed by atoms with Gasteiger partial charge in [0.05, 0.1) is 0 Å². The lowest BCUT2D eigenvalue weighted by atomic mass is 10.1. The minimum Gasteiger partial charge on any atom is -0.454 e. The lowest BCUT2D eigenvalue weighted by Crippen LogP contribution is -2.34. The highest BCUT2D eigenvalue weighted by molar-refractivity contribution is 5.44. The zero-order valence-corrected chi connectivity index (χ0v) is 14.8. The van der Waals surface area contributed by atoms with Gasteiger partial charge in [0.15, 0.2) is 11.5 Å². The largest absolute Gasteiger partial charge is 0.454 e. The zero-order valence-electron chi connectivity index (χ0n) is 14.8. The van der Waals surface area contributed by atoms with E-state index in [-0.39, 0.29) is 0 Å². The number of fused-ring (bicyclic) bond motifs is 1. The average Bonchev–Trinajstić information content (AvgIpc) is 3.31. The average molecular weight is 338 g/mol. The Morgan fingerprint density at radius 3 is 2.84 bits per heavy atom. The van der Waals surface area contributed by atoms with E-state index in [1.54, 1.807) is 0 Å². The van der Waals surface area contributed by atoms with Crippen molar-refractivity contribution in [2.24, 2.45) is 0 Å². The molecule has 0 radical (unpaired) electrons. The van der Waals surface area contributed by atoms with Crippen LogP contribution in [0.15, 0.2) is 48.5 Å². The van der Waals surface area contributed by atoms with Gasteiger partial charge in [-0.05, 0) is 49.6 Å². The van der Waals surface area contributed by atoms with Crippen molar-refractivity contribution < 1.29 is 9.47 Å². The summed E-state index contributed by atoms with van der Waals surface area (Å²) < 4.78 is 10.8. The normalized spacial score (nSPS) is 20.8. The Morgan fingerprint density at radius 2 is 1.96 bits per heavy atom. The molecule has 0 bridgehead atoms. The molecule has 2 heterocycles. The molecule has 2 aliphatic rings. The quantitative estimate of drug-likeness (QED) is 0.875. The monoisotopic (exact) mass is 338 g/mol. The Hall–Kier alpha value is -2.04. The Labute approximate surface area is 149 Å². The van der Waals surface area contributed by atoms with Gasteiger partial charge in [-0.25, -0.2) is 0 Å². The fraction of sp³-hybridized carbons (Fsp3) is 0.429. The van der Waals surface area contributed by atoms with Crippen molar-refractivity contribution in [2.45, 2.75) is 31.8 Å². The third kappa shape index (κ3) is 3.80. The topological polar surface area (TPSA) is 33.7 Å².